The molecule has 1 aromatic rings. The van der Waals surface area contributed by atoms with E-state index in [0.29, 0.717) is 23.3 Å². The predicted molar refractivity (Wildman–Crippen MR) is 175 cm³/mol. The summed E-state index contributed by atoms with van der Waals surface area (Å²) >= 11 is 0. The van der Waals surface area contributed by atoms with Crippen molar-refractivity contribution in [3.63, 3.8) is 0 Å². The fourth-order valence-electron chi connectivity index (χ4n) is 13.2. The second-order valence-corrected chi connectivity index (χ2v) is 17.7. The number of nitrogens with one attached hydrogen (secondary N) is 1. The third kappa shape index (κ3) is 4.90. The maximum Gasteiger partial charge on any atom is 0.449 e. The molecule has 6 rings (SSSR count). The van der Waals surface area contributed by atoms with Crippen LogP contribution in [0.1, 0.15) is 130 Å². The average Bonchev–Trinajstić information content (AvgIpc) is 3.55. The zero-order valence-corrected chi connectivity index (χ0v) is 29.8. The highest BCUT2D eigenvalue weighted by Crippen LogP contribution is 2.77. The van der Waals surface area contributed by atoms with E-state index in [1.165, 1.54) is 6.92 Å². The Morgan fingerprint density at radius 2 is 1.64 bits per heavy atom. The number of carbonyl (C=O) groups is 2. The van der Waals surface area contributed by atoms with E-state index < -0.39 is 17.4 Å². The van der Waals surface area contributed by atoms with Gasteiger partial charge in [-0.2, -0.15) is 13.2 Å². The van der Waals surface area contributed by atoms with E-state index >= 15 is 0 Å². The Bertz CT molecular complexity index is 1450. The second-order valence-electron chi connectivity index (χ2n) is 17.7. The van der Waals surface area contributed by atoms with E-state index in [1.807, 2.05) is 0 Å². The topological polar surface area (TPSA) is 68.5 Å². The monoisotopic (exact) mass is 659 g/mol. The molecule has 0 aromatic carbocycles. The van der Waals surface area contributed by atoms with Crippen LogP contribution in [0.15, 0.2) is 22.8 Å². The Hall–Kier alpha value is -2.25. The summed E-state index contributed by atoms with van der Waals surface area (Å²) < 4.78 is 51.9. The van der Waals surface area contributed by atoms with Crippen molar-refractivity contribution in [1.29, 1.82) is 0 Å². The lowest BCUT2D eigenvalue weighted by Crippen LogP contribution is -2.67. The molecule has 5 aliphatic carbocycles. The quantitative estimate of drug-likeness (QED) is 0.252. The average molecular weight is 660 g/mol. The maximum absolute atomic E-state index is 14.4. The zero-order chi connectivity index (χ0) is 34.5. The molecule has 0 saturated heterocycles. The van der Waals surface area contributed by atoms with Gasteiger partial charge in [-0.1, -0.05) is 46.8 Å². The van der Waals surface area contributed by atoms with Crippen LogP contribution in [0.3, 0.4) is 0 Å². The van der Waals surface area contributed by atoms with Gasteiger partial charge in [-0.15, -0.1) is 0 Å². The molecular weight excluding hydrogens is 603 g/mol. The van der Waals surface area contributed by atoms with Gasteiger partial charge in [0.15, 0.2) is 0 Å². The first-order valence-electron chi connectivity index (χ1n) is 18.0. The lowest BCUT2D eigenvalue weighted by Gasteiger charge is -2.72. The van der Waals surface area contributed by atoms with Crippen molar-refractivity contribution >= 4 is 11.9 Å². The molecular formula is C39H56F3NO4. The highest BCUT2D eigenvalue weighted by molar-refractivity contribution is 5.84. The Morgan fingerprint density at radius 3 is 2.28 bits per heavy atom. The highest BCUT2D eigenvalue weighted by Gasteiger charge is 2.72. The van der Waals surface area contributed by atoms with Crippen LogP contribution < -0.4 is 5.32 Å². The number of allylic oxidation sites excluding steroid dienone is 1. The van der Waals surface area contributed by atoms with Gasteiger partial charge in [0.2, 0.25) is 11.7 Å². The number of amides is 1. The van der Waals surface area contributed by atoms with E-state index in [1.54, 1.807) is 6.92 Å². The first-order valence-corrected chi connectivity index (χ1v) is 18.0. The molecule has 5 fully saturated rings. The molecule has 0 radical (unpaired) electrons. The molecule has 1 aromatic heterocycles. The van der Waals surface area contributed by atoms with Crippen molar-refractivity contribution in [1.82, 2.24) is 5.32 Å². The third-order valence-electron chi connectivity index (χ3n) is 15.6. The summed E-state index contributed by atoms with van der Waals surface area (Å²) in [7, 11) is 0. The first kappa shape index (κ1) is 34.6. The van der Waals surface area contributed by atoms with Crippen LogP contribution in [-0.2, 0) is 27.0 Å². The number of aryl methyl sites for hydroxylation is 1. The molecule has 8 heteroatoms. The number of halogens is 3. The summed E-state index contributed by atoms with van der Waals surface area (Å²) in [5.74, 6) is 0.343. The Balaban J connectivity index is 1.31. The molecule has 0 unspecified atom stereocenters. The molecule has 262 valence electrons. The van der Waals surface area contributed by atoms with Crippen molar-refractivity contribution in [2.45, 2.75) is 138 Å². The molecule has 5 aliphatic rings. The summed E-state index contributed by atoms with van der Waals surface area (Å²) in [5, 5.41) is 3.01. The SMILES string of the molecule is C=C(C)[C@@H]1CC[C@]2(C(=O)NCc3c(C)coc3C(F)(F)F)CC[C@]3(C)[C@H](CC[C@@H]4[C@@]5(C)CC[C@H](OC(C)=O)C(C)(C)[C@@H]5CC[C@]43C)[C@@H]12. The van der Waals surface area contributed by atoms with Crippen LogP contribution in [0, 0.1) is 63.6 Å². The molecule has 0 aliphatic heterocycles. The fraction of sp³-hybridized carbons (Fsp3) is 0.795. The van der Waals surface area contributed by atoms with Crippen LogP contribution in [0.4, 0.5) is 13.2 Å². The van der Waals surface area contributed by atoms with E-state index in [9.17, 15) is 22.8 Å². The maximum atomic E-state index is 14.4. The summed E-state index contributed by atoms with van der Waals surface area (Å²) in [6.07, 6.45) is 6.10. The standard InChI is InChI=1S/C39H56F3NO4/c1-22(2)25-12-17-38(33(45)43-20-26-23(3)21-46-32(26)39(40,41)42)19-18-36(8)27(31(25)38)10-11-29-35(7)15-14-30(47-24(4)44)34(5,6)28(35)13-16-37(29,36)9/h21,25,27-31H,1,10-20H2,2-9H3,(H,43,45)/t25-,27+,28-,29+,30-,31+,35-,36+,37+,38-/m0/s1. The largest absolute Gasteiger partial charge is 0.462 e. The summed E-state index contributed by atoms with van der Waals surface area (Å²) in [5.41, 5.74) is 1.06. The van der Waals surface area contributed by atoms with Gasteiger partial charge in [0.25, 0.3) is 0 Å². The molecule has 5 saturated carbocycles. The number of hydrogen-bond acceptors (Lipinski definition) is 4. The Morgan fingerprint density at radius 1 is 0.936 bits per heavy atom. The van der Waals surface area contributed by atoms with Crippen LogP contribution >= 0.6 is 0 Å². The van der Waals surface area contributed by atoms with Crippen molar-refractivity contribution in [2.75, 3.05) is 0 Å². The number of carbonyl (C=O) groups excluding carboxylic acids is 2. The van der Waals surface area contributed by atoms with Gasteiger partial charge < -0.3 is 14.5 Å². The number of hydrogen-bond donors (Lipinski definition) is 1. The lowest BCUT2D eigenvalue weighted by molar-refractivity contribution is -0.248. The lowest BCUT2D eigenvalue weighted by atomic mass is 9.32. The molecule has 0 bridgehead atoms. The number of fused-ring (bicyclic) bond motifs is 7. The second kappa shape index (κ2) is 11.1. The Labute approximate surface area is 279 Å². The number of rotatable bonds is 5. The van der Waals surface area contributed by atoms with Crippen molar-refractivity contribution < 1.29 is 31.9 Å². The van der Waals surface area contributed by atoms with Crippen molar-refractivity contribution in [3.05, 3.63) is 35.3 Å². The minimum atomic E-state index is -4.61. The molecule has 5 nitrogen and oxygen atoms in total. The van der Waals surface area contributed by atoms with Crippen LogP contribution in [-0.4, -0.2) is 18.0 Å². The number of ether oxygens (including phenoxy) is 1. The normalized spacial score (nSPS) is 42.4. The van der Waals surface area contributed by atoms with Crippen LogP contribution in [0.5, 0.6) is 0 Å². The van der Waals surface area contributed by atoms with Gasteiger partial charge in [0.1, 0.15) is 6.10 Å². The van der Waals surface area contributed by atoms with Gasteiger partial charge in [-0.05, 0) is 129 Å². The molecule has 0 spiro atoms. The van der Waals surface area contributed by atoms with Crippen molar-refractivity contribution in [3.8, 4) is 0 Å². The predicted octanol–water partition coefficient (Wildman–Crippen LogP) is 9.81. The van der Waals surface area contributed by atoms with Gasteiger partial charge in [0.05, 0.1) is 11.7 Å². The fourth-order valence-corrected chi connectivity index (χ4v) is 13.2. The number of furan rings is 1. The van der Waals surface area contributed by atoms with E-state index in [4.69, 9.17) is 9.15 Å². The van der Waals surface area contributed by atoms with Gasteiger partial charge in [-0.3, -0.25) is 9.59 Å². The third-order valence-corrected chi connectivity index (χ3v) is 15.6. The van der Waals surface area contributed by atoms with E-state index in [0.717, 1.165) is 76.0 Å². The number of esters is 1. The van der Waals surface area contributed by atoms with E-state index in [-0.39, 0.29) is 63.6 Å². The minimum Gasteiger partial charge on any atom is -0.462 e. The summed E-state index contributed by atoms with van der Waals surface area (Å²) in [4.78, 5) is 26.4. The number of alkyl halides is 3. The molecule has 47 heavy (non-hydrogen) atoms. The summed E-state index contributed by atoms with van der Waals surface area (Å²) in [6, 6.07) is 0. The molecule has 1 N–H and O–H groups in total. The van der Waals surface area contributed by atoms with Crippen molar-refractivity contribution in [2.24, 2.45) is 56.7 Å². The smallest absolute Gasteiger partial charge is 0.449 e. The van der Waals surface area contributed by atoms with Gasteiger partial charge in [-0.25, -0.2) is 0 Å². The zero-order valence-electron chi connectivity index (χ0n) is 29.8. The van der Waals surface area contributed by atoms with Gasteiger partial charge in [0, 0.05) is 24.4 Å². The van der Waals surface area contributed by atoms with Gasteiger partial charge >= 0.3 is 12.1 Å². The van der Waals surface area contributed by atoms with E-state index in [2.05, 4.69) is 53.4 Å². The van der Waals surface area contributed by atoms with Crippen LogP contribution in [0.2, 0.25) is 0 Å². The van der Waals surface area contributed by atoms with Crippen LogP contribution in [0.25, 0.3) is 0 Å². The Kier molecular flexibility index (Phi) is 8.20. The summed E-state index contributed by atoms with van der Waals surface area (Å²) in [6.45, 7) is 21.7. The minimum absolute atomic E-state index is 0.0123. The molecule has 1 amide bonds. The highest BCUT2D eigenvalue weighted by atomic mass is 19.4. The molecule has 1 heterocycles. The molecule has 10 atom stereocenters. The first-order chi connectivity index (χ1) is 21.7.